The van der Waals surface area contributed by atoms with Crippen molar-refractivity contribution in [2.24, 2.45) is 0 Å². The summed E-state index contributed by atoms with van der Waals surface area (Å²) >= 11 is 4.97. The van der Waals surface area contributed by atoms with Gasteiger partial charge < -0.3 is 0 Å². The number of Topliss-reactive ketones (excluding diaryl/α,β-unsaturated/α-hetero) is 1. The fraction of sp³-hybridized carbons (Fsp3) is 0.333. The minimum absolute atomic E-state index is 0.105. The summed E-state index contributed by atoms with van der Waals surface area (Å²) in [7, 11) is 0. The standard InChI is InChI=1S/C15H17BrN2OS/c1-3-8-18-15(13(16)9-17-18)14(19)10-20-12-6-4-11(2)5-7-12/h4-7,9H,3,8,10H2,1-2H3. The molecule has 0 aliphatic heterocycles. The second-order valence-corrected chi connectivity index (χ2v) is 6.49. The van der Waals surface area contributed by atoms with Crippen molar-refractivity contribution in [1.29, 1.82) is 0 Å². The van der Waals surface area contributed by atoms with Crippen LogP contribution in [0.15, 0.2) is 39.8 Å². The summed E-state index contributed by atoms with van der Waals surface area (Å²) < 4.78 is 2.56. The van der Waals surface area contributed by atoms with Crippen LogP contribution in [0.1, 0.15) is 29.4 Å². The average molecular weight is 353 g/mol. The molecule has 0 radical (unpaired) electrons. The zero-order valence-corrected chi connectivity index (χ0v) is 14.0. The van der Waals surface area contributed by atoms with Crippen LogP contribution in [0.3, 0.4) is 0 Å². The Morgan fingerprint density at radius 1 is 1.35 bits per heavy atom. The fourth-order valence-electron chi connectivity index (χ4n) is 1.87. The van der Waals surface area contributed by atoms with Crippen LogP contribution in [0.5, 0.6) is 0 Å². The van der Waals surface area contributed by atoms with E-state index >= 15 is 0 Å². The second kappa shape index (κ2) is 7.09. The first-order valence-electron chi connectivity index (χ1n) is 6.55. The smallest absolute Gasteiger partial charge is 0.192 e. The Hall–Kier alpha value is -1.07. The van der Waals surface area contributed by atoms with E-state index in [0.717, 1.165) is 22.3 Å². The van der Waals surface area contributed by atoms with Gasteiger partial charge in [-0.3, -0.25) is 9.48 Å². The lowest BCUT2D eigenvalue weighted by Gasteiger charge is -2.06. The molecule has 2 rings (SSSR count). The second-order valence-electron chi connectivity index (χ2n) is 4.59. The molecule has 0 fully saturated rings. The first-order valence-corrected chi connectivity index (χ1v) is 8.33. The van der Waals surface area contributed by atoms with Gasteiger partial charge in [0, 0.05) is 11.4 Å². The number of aromatic nitrogens is 2. The lowest BCUT2D eigenvalue weighted by Crippen LogP contribution is -2.12. The molecule has 5 heteroatoms. The number of carbonyl (C=O) groups excluding carboxylic acids is 1. The van der Waals surface area contributed by atoms with Crippen molar-refractivity contribution in [3.63, 3.8) is 0 Å². The maximum Gasteiger partial charge on any atom is 0.192 e. The third-order valence-electron chi connectivity index (χ3n) is 2.89. The molecule has 1 aromatic heterocycles. The Morgan fingerprint density at radius 2 is 2.05 bits per heavy atom. The SMILES string of the molecule is CCCn1ncc(Br)c1C(=O)CSc1ccc(C)cc1. The Morgan fingerprint density at radius 3 is 2.70 bits per heavy atom. The van der Waals surface area contributed by atoms with Crippen LogP contribution in [0.25, 0.3) is 0 Å². The Labute approximate surface area is 131 Å². The quantitative estimate of drug-likeness (QED) is 0.572. The zero-order chi connectivity index (χ0) is 14.5. The van der Waals surface area contributed by atoms with Gasteiger partial charge in [0.2, 0.25) is 0 Å². The molecule has 0 saturated carbocycles. The van der Waals surface area contributed by atoms with Crippen LogP contribution in [0.2, 0.25) is 0 Å². The summed E-state index contributed by atoms with van der Waals surface area (Å²) in [5.41, 5.74) is 1.90. The number of hydrogen-bond donors (Lipinski definition) is 0. The van der Waals surface area contributed by atoms with Gasteiger partial charge in [-0.2, -0.15) is 5.10 Å². The fourth-order valence-corrected chi connectivity index (χ4v) is 3.15. The first kappa shape index (κ1) is 15.3. The number of halogens is 1. The van der Waals surface area contributed by atoms with Crippen LogP contribution >= 0.6 is 27.7 Å². The molecule has 0 N–H and O–H groups in total. The summed E-state index contributed by atoms with van der Waals surface area (Å²) in [6.45, 7) is 4.90. The van der Waals surface area contributed by atoms with E-state index in [-0.39, 0.29) is 5.78 Å². The van der Waals surface area contributed by atoms with E-state index in [1.54, 1.807) is 22.6 Å². The number of thioether (sulfide) groups is 1. The van der Waals surface area contributed by atoms with Crippen molar-refractivity contribution in [2.45, 2.75) is 31.7 Å². The molecule has 3 nitrogen and oxygen atoms in total. The van der Waals surface area contributed by atoms with Crippen LogP contribution < -0.4 is 0 Å². The predicted molar refractivity (Wildman–Crippen MR) is 86.5 cm³/mol. The number of hydrogen-bond acceptors (Lipinski definition) is 3. The average Bonchev–Trinajstić information content (AvgIpc) is 2.79. The van der Waals surface area contributed by atoms with E-state index in [9.17, 15) is 4.79 Å². The van der Waals surface area contributed by atoms with Gasteiger partial charge in [-0.05, 0) is 41.4 Å². The highest BCUT2D eigenvalue weighted by molar-refractivity contribution is 9.10. The minimum atomic E-state index is 0.105. The van der Waals surface area contributed by atoms with Gasteiger partial charge in [0.15, 0.2) is 5.78 Å². The molecule has 0 aliphatic carbocycles. The predicted octanol–water partition coefficient (Wildman–Crippen LogP) is 4.34. The number of ketones is 1. The normalized spacial score (nSPS) is 10.8. The third kappa shape index (κ3) is 3.73. The number of rotatable bonds is 6. The molecular weight excluding hydrogens is 336 g/mol. The molecule has 0 unspecified atom stereocenters. The van der Waals surface area contributed by atoms with Gasteiger partial charge >= 0.3 is 0 Å². The molecule has 0 atom stereocenters. The highest BCUT2D eigenvalue weighted by atomic mass is 79.9. The summed E-state index contributed by atoms with van der Waals surface area (Å²) in [6.07, 6.45) is 2.65. The van der Waals surface area contributed by atoms with Gasteiger partial charge in [0.25, 0.3) is 0 Å². The molecule has 1 aromatic carbocycles. The molecule has 0 aliphatic rings. The number of benzene rings is 1. The molecular formula is C15H17BrN2OS. The monoisotopic (exact) mass is 352 g/mol. The lowest BCUT2D eigenvalue weighted by molar-refractivity contribution is 0.101. The van der Waals surface area contributed by atoms with E-state index in [0.29, 0.717) is 11.4 Å². The van der Waals surface area contributed by atoms with Crippen molar-refractivity contribution in [2.75, 3.05) is 5.75 Å². The topological polar surface area (TPSA) is 34.9 Å². The van der Waals surface area contributed by atoms with E-state index < -0.39 is 0 Å². The van der Waals surface area contributed by atoms with E-state index in [4.69, 9.17) is 0 Å². The van der Waals surface area contributed by atoms with E-state index in [1.165, 1.54) is 5.56 Å². The number of carbonyl (C=O) groups is 1. The highest BCUT2D eigenvalue weighted by Gasteiger charge is 2.16. The van der Waals surface area contributed by atoms with Gasteiger partial charge in [-0.15, -0.1) is 11.8 Å². The van der Waals surface area contributed by atoms with Crippen LogP contribution in [-0.2, 0) is 6.54 Å². The molecule has 1 heterocycles. The van der Waals surface area contributed by atoms with Gasteiger partial charge in [-0.1, -0.05) is 24.6 Å². The van der Waals surface area contributed by atoms with Crippen molar-refractivity contribution in [3.05, 3.63) is 46.2 Å². The maximum absolute atomic E-state index is 12.4. The zero-order valence-electron chi connectivity index (χ0n) is 11.6. The molecule has 0 bridgehead atoms. The summed E-state index contributed by atoms with van der Waals surface area (Å²) in [5, 5.41) is 4.23. The van der Waals surface area contributed by atoms with Crippen molar-refractivity contribution < 1.29 is 4.79 Å². The largest absolute Gasteiger partial charge is 0.291 e. The van der Waals surface area contributed by atoms with Crippen LogP contribution in [0.4, 0.5) is 0 Å². The third-order valence-corrected chi connectivity index (χ3v) is 4.48. The molecule has 2 aromatic rings. The van der Waals surface area contributed by atoms with E-state index in [2.05, 4.69) is 47.0 Å². The van der Waals surface area contributed by atoms with Crippen molar-refractivity contribution in [3.8, 4) is 0 Å². The Kier molecular flexibility index (Phi) is 5.43. The molecule has 20 heavy (non-hydrogen) atoms. The first-order chi connectivity index (χ1) is 9.61. The molecule has 106 valence electrons. The summed E-state index contributed by atoms with van der Waals surface area (Å²) in [6, 6.07) is 8.21. The van der Waals surface area contributed by atoms with Crippen molar-refractivity contribution in [1.82, 2.24) is 9.78 Å². The van der Waals surface area contributed by atoms with Gasteiger partial charge in [0.1, 0.15) is 5.69 Å². The van der Waals surface area contributed by atoms with Crippen LogP contribution in [0, 0.1) is 6.92 Å². The molecule has 0 amide bonds. The highest BCUT2D eigenvalue weighted by Crippen LogP contribution is 2.23. The minimum Gasteiger partial charge on any atom is -0.291 e. The summed E-state index contributed by atoms with van der Waals surface area (Å²) in [4.78, 5) is 13.5. The Balaban J connectivity index is 2.05. The maximum atomic E-state index is 12.4. The van der Waals surface area contributed by atoms with E-state index in [1.807, 2.05) is 12.1 Å². The van der Waals surface area contributed by atoms with Gasteiger partial charge in [-0.25, -0.2) is 0 Å². The summed E-state index contributed by atoms with van der Waals surface area (Å²) in [5.74, 6) is 0.533. The number of nitrogens with zero attached hydrogens (tertiary/aromatic N) is 2. The van der Waals surface area contributed by atoms with Crippen LogP contribution in [-0.4, -0.2) is 21.3 Å². The van der Waals surface area contributed by atoms with Gasteiger partial charge in [0.05, 0.1) is 16.4 Å². The van der Waals surface area contributed by atoms with Crippen molar-refractivity contribution >= 4 is 33.5 Å². The lowest BCUT2D eigenvalue weighted by atomic mass is 10.2. The number of aryl methyl sites for hydroxylation is 2. The molecule has 0 spiro atoms. The Bertz CT molecular complexity index is 592. The molecule has 0 saturated heterocycles.